The van der Waals surface area contributed by atoms with Crippen molar-refractivity contribution in [2.24, 2.45) is 0 Å². The minimum atomic E-state index is -0.767. The molecule has 2 aliphatic rings. The Morgan fingerprint density at radius 2 is 2.50 bits per heavy atom. The van der Waals surface area contributed by atoms with Crippen molar-refractivity contribution < 1.29 is 19.4 Å². The number of likely N-dealkylation sites (tertiary alicyclic amines) is 1. The van der Waals surface area contributed by atoms with Gasteiger partial charge >= 0.3 is 5.97 Å². The molecule has 5 nitrogen and oxygen atoms in total. The summed E-state index contributed by atoms with van der Waals surface area (Å²) in [7, 11) is 1.73. The molecule has 5 heteroatoms. The van der Waals surface area contributed by atoms with E-state index in [1.54, 1.807) is 7.11 Å². The van der Waals surface area contributed by atoms with Crippen LogP contribution in [-0.2, 0) is 14.3 Å². The summed E-state index contributed by atoms with van der Waals surface area (Å²) >= 11 is 0. The zero-order valence-electron chi connectivity index (χ0n) is 9.65. The minimum absolute atomic E-state index is 0.114. The third-order valence-electron chi connectivity index (χ3n) is 3.54. The molecule has 1 spiro atoms. The maximum atomic E-state index is 10.6. The third-order valence-corrected chi connectivity index (χ3v) is 3.54. The van der Waals surface area contributed by atoms with Gasteiger partial charge in [0.2, 0.25) is 0 Å². The van der Waals surface area contributed by atoms with E-state index in [4.69, 9.17) is 14.6 Å². The third kappa shape index (κ3) is 2.53. The molecule has 0 radical (unpaired) electrons. The van der Waals surface area contributed by atoms with Crippen LogP contribution in [0.25, 0.3) is 0 Å². The van der Waals surface area contributed by atoms with Crippen LogP contribution in [0.3, 0.4) is 0 Å². The summed E-state index contributed by atoms with van der Waals surface area (Å²) in [6.45, 7) is 2.37. The van der Waals surface area contributed by atoms with Gasteiger partial charge < -0.3 is 14.6 Å². The summed E-state index contributed by atoms with van der Waals surface area (Å²) < 4.78 is 11.2. The zero-order valence-corrected chi connectivity index (χ0v) is 9.65. The monoisotopic (exact) mass is 229 g/mol. The predicted molar refractivity (Wildman–Crippen MR) is 57.4 cm³/mol. The van der Waals surface area contributed by atoms with E-state index in [9.17, 15) is 4.79 Å². The predicted octanol–water partition coefficient (Wildman–Crippen LogP) is 0.341. The van der Waals surface area contributed by atoms with Crippen LogP contribution in [0, 0.1) is 0 Å². The van der Waals surface area contributed by atoms with Crippen LogP contribution in [0.5, 0.6) is 0 Å². The first-order chi connectivity index (χ1) is 7.63. The van der Waals surface area contributed by atoms with Crippen LogP contribution in [0.15, 0.2) is 0 Å². The second-order valence-electron chi connectivity index (χ2n) is 4.74. The number of carbonyl (C=O) groups is 1. The Labute approximate surface area is 95.3 Å². The van der Waals surface area contributed by atoms with Crippen LogP contribution in [0.2, 0.25) is 0 Å². The van der Waals surface area contributed by atoms with Crippen molar-refractivity contribution in [1.29, 1.82) is 0 Å². The van der Waals surface area contributed by atoms with Gasteiger partial charge in [0.05, 0.1) is 18.2 Å². The van der Waals surface area contributed by atoms with E-state index in [1.807, 2.05) is 4.90 Å². The highest BCUT2D eigenvalue weighted by molar-refractivity contribution is 5.69. The van der Waals surface area contributed by atoms with Gasteiger partial charge in [-0.25, -0.2) is 0 Å². The van der Waals surface area contributed by atoms with Gasteiger partial charge in [-0.2, -0.15) is 0 Å². The van der Waals surface area contributed by atoms with Crippen molar-refractivity contribution in [2.45, 2.75) is 31.0 Å². The van der Waals surface area contributed by atoms with Crippen LogP contribution < -0.4 is 0 Å². The van der Waals surface area contributed by atoms with Gasteiger partial charge in [-0.15, -0.1) is 0 Å². The molecular formula is C11H19NO4. The van der Waals surface area contributed by atoms with Gasteiger partial charge in [0.1, 0.15) is 0 Å². The molecule has 0 saturated carbocycles. The van der Waals surface area contributed by atoms with E-state index in [1.165, 1.54) is 0 Å². The number of aliphatic carboxylic acids is 1. The number of hydrogen-bond acceptors (Lipinski definition) is 4. The largest absolute Gasteiger partial charge is 0.480 e. The van der Waals surface area contributed by atoms with Crippen molar-refractivity contribution in [3.63, 3.8) is 0 Å². The van der Waals surface area contributed by atoms with Gasteiger partial charge in [0.15, 0.2) is 0 Å². The number of hydrogen-bond donors (Lipinski definition) is 1. The molecule has 0 aliphatic carbocycles. The summed E-state index contributed by atoms with van der Waals surface area (Å²) in [4.78, 5) is 12.6. The number of carboxylic acid groups (broad SMARTS) is 1. The lowest BCUT2D eigenvalue weighted by molar-refractivity contribution is -0.139. The quantitative estimate of drug-likeness (QED) is 0.756. The van der Waals surface area contributed by atoms with Crippen molar-refractivity contribution in [3.05, 3.63) is 0 Å². The molecular weight excluding hydrogens is 210 g/mol. The Morgan fingerprint density at radius 1 is 1.69 bits per heavy atom. The van der Waals surface area contributed by atoms with Crippen molar-refractivity contribution >= 4 is 5.97 Å². The minimum Gasteiger partial charge on any atom is -0.480 e. The molecule has 0 bridgehead atoms. The summed E-state index contributed by atoms with van der Waals surface area (Å²) in [5.74, 6) is -0.767. The molecule has 0 aromatic heterocycles. The fourth-order valence-corrected chi connectivity index (χ4v) is 2.72. The molecule has 1 N–H and O–H groups in total. The molecule has 2 atom stereocenters. The molecule has 92 valence electrons. The Bertz CT molecular complexity index is 271. The number of nitrogens with zero attached hydrogens (tertiary/aromatic N) is 1. The van der Waals surface area contributed by atoms with Gasteiger partial charge in [-0.05, 0) is 12.8 Å². The van der Waals surface area contributed by atoms with Gasteiger partial charge in [-0.3, -0.25) is 9.69 Å². The second kappa shape index (κ2) is 4.69. The lowest BCUT2D eigenvalue weighted by Crippen LogP contribution is -2.45. The van der Waals surface area contributed by atoms with E-state index >= 15 is 0 Å². The molecule has 0 aromatic rings. The Morgan fingerprint density at radius 3 is 3.19 bits per heavy atom. The zero-order chi connectivity index (χ0) is 11.6. The number of carboxylic acids is 1. The lowest BCUT2D eigenvalue weighted by Gasteiger charge is -2.37. The molecule has 2 heterocycles. The number of methoxy groups -OCH3 is 1. The molecule has 2 aliphatic heterocycles. The fraction of sp³-hybridized carbons (Fsp3) is 0.909. The molecule has 0 unspecified atom stereocenters. The number of rotatable bonds is 3. The molecule has 2 fully saturated rings. The highest BCUT2D eigenvalue weighted by atomic mass is 16.5. The first kappa shape index (κ1) is 11.8. The van der Waals surface area contributed by atoms with Gasteiger partial charge in [0, 0.05) is 33.2 Å². The maximum Gasteiger partial charge on any atom is 0.317 e. The van der Waals surface area contributed by atoms with Crippen molar-refractivity contribution in [3.8, 4) is 0 Å². The topological polar surface area (TPSA) is 59.0 Å². The van der Waals surface area contributed by atoms with E-state index in [2.05, 4.69) is 0 Å². The maximum absolute atomic E-state index is 10.6. The van der Waals surface area contributed by atoms with E-state index in [0.717, 1.165) is 39.0 Å². The summed E-state index contributed by atoms with van der Waals surface area (Å²) in [6.07, 6.45) is 3.01. The first-order valence-electron chi connectivity index (χ1n) is 5.74. The smallest absolute Gasteiger partial charge is 0.317 e. The van der Waals surface area contributed by atoms with Gasteiger partial charge in [0.25, 0.3) is 0 Å². The van der Waals surface area contributed by atoms with Crippen LogP contribution in [0.4, 0.5) is 0 Å². The molecule has 16 heavy (non-hydrogen) atoms. The van der Waals surface area contributed by atoms with E-state index in [-0.39, 0.29) is 18.2 Å². The standard InChI is InChI=1S/C11H19NO4/c1-15-9-2-5-16-11(6-9)3-4-12(8-11)7-10(13)14/h9H,2-8H2,1H3,(H,13,14)/t9-,11+/m1/s1. The highest BCUT2D eigenvalue weighted by Gasteiger charge is 2.43. The highest BCUT2D eigenvalue weighted by Crippen LogP contribution is 2.34. The second-order valence-corrected chi connectivity index (χ2v) is 4.74. The first-order valence-corrected chi connectivity index (χ1v) is 5.74. The van der Waals surface area contributed by atoms with E-state index < -0.39 is 5.97 Å². The Kier molecular flexibility index (Phi) is 3.47. The molecule has 2 saturated heterocycles. The normalized spacial score (nSPS) is 35.7. The molecule has 0 aromatic carbocycles. The molecule has 0 amide bonds. The molecule has 2 rings (SSSR count). The Hall–Kier alpha value is -0.650. The average molecular weight is 229 g/mol. The van der Waals surface area contributed by atoms with Crippen LogP contribution in [-0.4, -0.2) is 61.0 Å². The summed E-state index contributed by atoms with van der Waals surface area (Å²) in [5, 5.41) is 8.75. The van der Waals surface area contributed by atoms with Crippen LogP contribution >= 0.6 is 0 Å². The Balaban J connectivity index is 1.92. The lowest BCUT2D eigenvalue weighted by atomic mass is 9.91. The van der Waals surface area contributed by atoms with E-state index in [0.29, 0.717) is 0 Å². The van der Waals surface area contributed by atoms with Gasteiger partial charge in [-0.1, -0.05) is 0 Å². The number of ether oxygens (including phenoxy) is 2. The van der Waals surface area contributed by atoms with Crippen LogP contribution in [0.1, 0.15) is 19.3 Å². The van der Waals surface area contributed by atoms with Crippen molar-refractivity contribution in [1.82, 2.24) is 4.90 Å². The summed E-state index contributed by atoms with van der Waals surface area (Å²) in [5.41, 5.74) is -0.158. The SMILES string of the molecule is CO[C@@H]1CCO[C@@]2(CCN(CC(=O)O)C2)C1. The average Bonchev–Trinajstić information content (AvgIpc) is 2.60. The fourth-order valence-electron chi connectivity index (χ4n) is 2.72. The summed E-state index contributed by atoms with van der Waals surface area (Å²) in [6, 6.07) is 0. The van der Waals surface area contributed by atoms with Crippen molar-refractivity contribution in [2.75, 3.05) is 33.4 Å².